The van der Waals surface area contributed by atoms with Gasteiger partial charge in [0, 0.05) is 49.5 Å². The van der Waals surface area contributed by atoms with Gasteiger partial charge in [-0.1, -0.05) is 44.2 Å². The van der Waals surface area contributed by atoms with Crippen LogP contribution in [0.3, 0.4) is 0 Å². The van der Waals surface area contributed by atoms with Crippen LogP contribution in [0.1, 0.15) is 39.7 Å². The molecule has 228 valence electrons. The van der Waals surface area contributed by atoms with Gasteiger partial charge in [-0.15, -0.1) is 0 Å². The summed E-state index contributed by atoms with van der Waals surface area (Å²) in [5.41, 5.74) is 2.26. The zero-order valence-electron chi connectivity index (χ0n) is 25.0. The molecule has 2 amide bonds. The monoisotopic (exact) mass is 615 g/mol. The summed E-state index contributed by atoms with van der Waals surface area (Å²) in [5, 5.41) is 14.6. The Kier molecular flexibility index (Phi) is 9.93. The molecule has 12 heteroatoms. The summed E-state index contributed by atoms with van der Waals surface area (Å²) in [6.07, 6.45) is 3.47. The van der Waals surface area contributed by atoms with Crippen LogP contribution < -0.4 is 0 Å². The zero-order chi connectivity index (χ0) is 32.0. The first kappa shape index (κ1) is 32.1. The van der Waals surface area contributed by atoms with E-state index in [1.807, 2.05) is 36.4 Å². The van der Waals surface area contributed by atoms with Gasteiger partial charge >= 0.3 is 5.97 Å². The van der Waals surface area contributed by atoms with E-state index >= 15 is 0 Å². The number of hydrogen-bond acceptors (Lipinski definition) is 8. The number of para-hydroxylation sites is 1. The maximum Gasteiger partial charge on any atom is 0.302 e. The lowest BCUT2D eigenvalue weighted by molar-refractivity contribution is -0.141. The van der Waals surface area contributed by atoms with E-state index in [9.17, 15) is 28.1 Å². The van der Waals surface area contributed by atoms with E-state index in [4.69, 9.17) is 9.84 Å². The maximum absolute atomic E-state index is 13.7. The third-order valence-corrected chi connectivity index (χ3v) is 9.22. The Morgan fingerprint density at radius 2 is 1.77 bits per heavy atom. The van der Waals surface area contributed by atoms with Gasteiger partial charge in [-0.3, -0.25) is 19.3 Å². The summed E-state index contributed by atoms with van der Waals surface area (Å²) in [6.45, 7) is 6.93. The number of hydrogen-bond donors (Lipinski definition) is 0. The number of nitrogens with zero attached hydrogens (tertiary/aromatic N) is 5. The SMILES string of the molecule is CCN(CC)S(=O)(=O)c1cccc(-c2nn(-c3ccccc3)cc2/C=C2/C(=O)N(CCCOC(C)=O)C(=O)C(C#N)=C2C)c1. The van der Waals surface area contributed by atoms with E-state index in [2.05, 4.69) is 0 Å². The first-order chi connectivity index (χ1) is 21.0. The van der Waals surface area contributed by atoms with E-state index in [0.717, 1.165) is 10.6 Å². The molecule has 0 aliphatic carbocycles. The highest BCUT2D eigenvalue weighted by Crippen LogP contribution is 2.32. The number of aromatic nitrogens is 2. The number of nitriles is 1. The van der Waals surface area contributed by atoms with Crippen molar-refractivity contribution in [2.24, 2.45) is 0 Å². The average Bonchev–Trinajstić information content (AvgIpc) is 3.44. The quantitative estimate of drug-likeness (QED) is 0.136. The minimum absolute atomic E-state index is 0.0107. The van der Waals surface area contributed by atoms with Crippen molar-refractivity contribution in [3.05, 3.63) is 83.1 Å². The van der Waals surface area contributed by atoms with Crippen molar-refractivity contribution in [1.82, 2.24) is 19.0 Å². The molecule has 0 saturated carbocycles. The van der Waals surface area contributed by atoms with Crippen molar-refractivity contribution in [1.29, 1.82) is 5.26 Å². The Labute approximate surface area is 256 Å². The van der Waals surface area contributed by atoms with Crippen LogP contribution in [0.15, 0.2) is 82.4 Å². The van der Waals surface area contributed by atoms with Crippen LogP contribution in [0.4, 0.5) is 0 Å². The first-order valence-electron chi connectivity index (χ1n) is 14.1. The van der Waals surface area contributed by atoms with Crippen molar-refractivity contribution in [2.45, 2.75) is 39.0 Å². The minimum Gasteiger partial charge on any atom is -0.466 e. The van der Waals surface area contributed by atoms with Crippen LogP contribution in [0, 0.1) is 11.3 Å². The van der Waals surface area contributed by atoms with Crippen LogP contribution >= 0.6 is 0 Å². The van der Waals surface area contributed by atoms with Gasteiger partial charge in [-0.2, -0.15) is 14.7 Å². The standard InChI is InChI=1S/C32H33N5O6S/c1-5-35(6-2)44(41,42)27-15-10-12-24(18-27)30-25(21-37(34-30)26-13-8-7-9-14-26)19-28-22(3)29(20-33)32(40)36(31(28)39)16-11-17-43-23(4)38/h7-10,12-15,18-19,21H,5-6,11,16-17H2,1-4H3/b28-19+. The Morgan fingerprint density at radius 1 is 1.07 bits per heavy atom. The number of sulfonamides is 1. The zero-order valence-corrected chi connectivity index (χ0v) is 25.8. The summed E-state index contributed by atoms with van der Waals surface area (Å²) in [6, 6.07) is 17.6. The average molecular weight is 616 g/mol. The predicted octanol–water partition coefficient (Wildman–Crippen LogP) is 4.12. The highest BCUT2D eigenvalue weighted by molar-refractivity contribution is 7.89. The second-order valence-electron chi connectivity index (χ2n) is 9.96. The largest absolute Gasteiger partial charge is 0.466 e. The van der Waals surface area contributed by atoms with Crippen LogP contribution in [0.25, 0.3) is 23.0 Å². The minimum atomic E-state index is -3.77. The molecule has 0 radical (unpaired) electrons. The molecule has 0 saturated heterocycles. The maximum atomic E-state index is 13.7. The highest BCUT2D eigenvalue weighted by Gasteiger charge is 2.35. The van der Waals surface area contributed by atoms with Gasteiger partial charge in [-0.25, -0.2) is 13.1 Å². The van der Waals surface area contributed by atoms with Gasteiger partial charge in [0.15, 0.2) is 0 Å². The number of ether oxygens (including phenoxy) is 1. The van der Waals surface area contributed by atoms with E-state index in [1.165, 1.54) is 24.2 Å². The van der Waals surface area contributed by atoms with Gasteiger partial charge in [0.1, 0.15) is 17.3 Å². The lowest BCUT2D eigenvalue weighted by Gasteiger charge is -2.27. The van der Waals surface area contributed by atoms with Crippen molar-refractivity contribution in [3.8, 4) is 23.0 Å². The second-order valence-corrected chi connectivity index (χ2v) is 11.9. The summed E-state index contributed by atoms with van der Waals surface area (Å²) in [7, 11) is -3.77. The fourth-order valence-electron chi connectivity index (χ4n) is 4.87. The van der Waals surface area contributed by atoms with Gasteiger partial charge in [-0.05, 0) is 49.3 Å². The molecular weight excluding hydrogens is 582 g/mol. The van der Waals surface area contributed by atoms with Crippen molar-refractivity contribution in [3.63, 3.8) is 0 Å². The molecule has 0 N–H and O–H groups in total. The van der Waals surface area contributed by atoms with Gasteiger partial charge in [0.2, 0.25) is 10.0 Å². The van der Waals surface area contributed by atoms with Gasteiger partial charge < -0.3 is 4.74 Å². The second kappa shape index (κ2) is 13.6. The summed E-state index contributed by atoms with van der Waals surface area (Å²) in [5.74, 6) is -1.80. The lowest BCUT2D eigenvalue weighted by Crippen LogP contribution is -2.43. The first-order valence-corrected chi connectivity index (χ1v) is 15.6. The Balaban J connectivity index is 1.86. The molecule has 44 heavy (non-hydrogen) atoms. The number of carbonyl (C=O) groups is 3. The molecule has 0 bridgehead atoms. The van der Waals surface area contributed by atoms with Crippen LogP contribution in [0.2, 0.25) is 0 Å². The fourth-order valence-corrected chi connectivity index (χ4v) is 6.38. The Hall–Kier alpha value is -4.86. The molecule has 2 aromatic carbocycles. The topological polar surface area (TPSA) is 143 Å². The summed E-state index contributed by atoms with van der Waals surface area (Å²) < 4.78 is 34.5. The van der Waals surface area contributed by atoms with E-state index in [-0.39, 0.29) is 41.2 Å². The molecule has 0 unspecified atom stereocenters. The fraction of sp³-hybridized carbons (Fsp3) is 0.281. The van der Waals surface area contributed by atoms with E-state index in [1.54, 1.807) is 49.0 Å². The van der Waals surface area contributed by atoms with Crippen molar-refractivity contribution >= 4 is 33.9 Å². The predicted molar refractivity (Wildman–Crippen MR) is 163 cm³/mol. The molecule has 0 fully saturated rings. The molecule has 0 spiro atoms. The molecular formula is C32H33N5O6S. The number of esters is 1. The van der Waals surface area contributed by atoms with E-state index in [0.29, 0.717) is 29.9 Å². The Morgan fingerprint density at radius 3 is 2.41 bits per heavy atom. The molecule has 4 rings (SSSR count). The summed E-state index contributed by atoms with van der Waals surface area (Å²) >= 11 is 0. The number of rotatable bonds is 11. The Bertz CT molecular complexity index is 1800. The molecule has 1 aliphatic rings. The molecule has 1 aromatic heterocycles. The van der Waals surface area contributed by atoms with Crippen molar-refractivity contribution in [2.75, 3.05) is 26.2 Å². The van der Waals surface area contributed by atoms with Gasteiger partial charge in [0.25, 0.3) is 11.8 Å². The van der Waals surface area contributed by atoms with E-state index < -0.39 is 27.8 Å². The normalized spacial score (nSPS) is 14.8. The number of amides is 2. The highest BCUT2D eigenvalue weighted by atomic mass is 32.2. The molecule has 11 nitrogen and oxygen atoms in total. The number of imide groups is 1. The number of benzene rings is 2. The molecule has 3 aromatic rings. The van der Waals surface area contributed by atoms with Crippen LogP contribution in [-0.2, 0) is 29.1 Å². The smallest absolute Gasteiger partial charge is 0.302 e. The van der Waals surface area contributed by atoms with Crippen LogP contribution in [-0.4, -0.2) is 71.4 Å². The molecule has 0 atom stereocenters. The molecule has 2 heterocycles. The van der Waals surface area contributed by atoms with Crippen molar-refractivity contribution < 1.29 is 27.5 Å². The third kappa shape index (κ3) is 6.54. The van der Waals surface area contributed by atoms with Gasteiger partial charge in [0.05, 0.1) is 17.2 Å². The van der Waals surface area contributed by atoms with Crippen LogP contribution in [0.5, 0.6) is 0 Å². The third-order valence-electron chi connectivity index (χ3n) is 7.17. The summed E-state index contributed by atoms with van der Waals surface area (Å²) in [4.78, 5) is 38.9. The lowest BCUT2D eigenvalue weighted by atomic mass is 9.93. The molecule has 1 aliphatic heterocycles. The number of carbonyl (C=O) groups excluding carboxylic acids is 3.